The summed E-state index contributed by atoms with van der Waals surface area (Å²) >= 11 is 0. The van der Waals surface area contributed by atoms with Crippen LogP contribution in [0, 0.1) is 5.41 Å². The third-order valence-electron chi connectivity index (χ3n) is 15.6. The molecule has 0 unspecified atom stereocenters. The predicted molar refractivity (Wildman–Crippen MR) is 350 cm³/mol. The number of phenolic OH excluding ortho intramolecular Hbond substituents is 1. The molecule has 8 atom stereocenters. The lowest BCUT2D eigenvalue weighted by molar-refractivity contribution is -0.142. The molecule has 20 N–H and O–H groups in total. The van der Waals surface area contributed by atoms with Crippen molar-refractivity contribution < 1.29 is 57.8 Å². The molecule has 1 aliphatic heterocycles. The highest BCUT2D eigenvalue weighted by Gasteiger charge is 2.44. The number of carbonyl (C=O) groups is 11. The van der Waals surface area contributed by atoms with Gasteiger partial charge in [0.1, 0.15) is 59.9 Å². The Balaban J connectivity index is 1.43. The molecular formula is C60H83N19O12S2. The fourth-order valence-corrected chi connectivity index (χ4v) is 13.0. The number of amidine groups is 1. The average Bonchev–Trinajstić information content (AvgIpc) is 2.03. The highest BCUT2D eigenvalue weighted by atomic mass is 33.1. The SMILES string of the molecule is C[C@@H](C(=O)N[C@@H](CCCN=C(N)N)C(=O)N[C@@H](CCCCN=C(N)c1ccc(N=[N+]=[N-])cc1)C(N)=O)N(C)C(=O)[C@H]1CSSCC2(CCCC2)C(=O)N[C@@H](Cc2ccc(O)cc2)C(=O)N[C@@H](Cc2ccccc2)C(=O)N[C@@H](CCC(N)=O)C(=O)N[C@@H](CC(N)=O)C(=O)N1. The zero-order chi connectivity index (χ0) is 68.2. The maximum atomic E-state index is 14.8. The molecule has 1 heterocycles. The maximum Gasteiger partial charge on any atom is 0.246 e. The minimum absolute atomic E-state index is 0.0351. The van der Waals surface area contributed by atoms with Crippen LogP contribution in [0.3, 0.4) is 0 Å². The molecule has 0 bridgehead atoms. The second-order valence-electron chi connectivity index (χ2n) is 22.6. The zero-order valence-corrected chi connectivity index (χ0v) is 53.4. The lowest BCUT2D eigenvalue weighted by Gasteiger charge is -2.32. The summed E-state index contributed by atoms with van der Waals surface area (Å²) in [5.74, 6) is -9.95. The molecule has 93 heavy (non-hydrogen) atoms. The Labute approximate surface area is 545 Å². The smallest absolute Gasteiger partial charge is 0.246 e. The van der Waals surface area contributed by atoms with Gasteiger partial charge in [0.2, 0.25) is 65.0 Å². The van der Waals surface area contributed by atoms with Crippen molar-refractivity contribution in [2.45, 2.75) is 145 Å². The van der Waals surface area contributed by atoms with E-state index in [0.29, 0.717) is 60.9 Å². The molecule has 2 fully saturated rings. The van der Waals surface area contributed by atoms with E-state index in [0.717, 1.165) is 15.7 Å². The van der Waals surface area contributed by atoms with Gasteiger partial charge in [-0.1, -0.05) is 106 Å². The number of unbranched alkanes of at least 4 members (excludes halogenated alkanes) is 1. The number of aliphatic imine (C=N–C) groups is 2. The number of carbonyl (C=O) groups excluding carboxylic acids is 11. The van der Waals surface area contributed by atoms with E-state index in [2.05, 4.69) is 57.2 Å². The third-order valence-corrected chi connectivity index (χ3v) is 18.2. The molecule has 3 aromatic carbocycles. The van der Waals surface area contributed by atoms with Gasteiger partial charge in [0.15, 0.2) is 5.96 Å². The number of primary amides is 3. The molecule has 502 valence electrons. The van der Waals surface area contributed by atoms with Crippen molar-refractivity contribution >= 4 is 104 Å². The van der Waals surface area contributed by atoms with Crippen LogP contribution in [0.5, 0.6) is 5.75 Å². The summed E-state index contributed by atoms with van der Waals surface area (Å²) in [6, 6.07) is 9.24. The standard InChI is InChI=1S/C60H83N19O12S2/c1-34(51(84)71-41(14-10-28-69-59(65)66)52(85)70-40(50(64)83)13-6-9-27-68-49(63)37-17-19-38(20-18-37)77-78-67)79(2)57(90)46-32-92-93-33-60(25-7-8-26-60)58(91)76-44(30-36-15-21-39(80)22-16-36)55(88)73-43(29-35-11-4-3-5-12-35)54(87)72-42(23-24-47(61)81)53(86)74-45(31-48(62)82)56(89)75-46/h3-5,11-12,15-22,34,40-46,80H,6-10,13-14,23-33H2,1-2H3,(H2,61,81)(H2,62,82)(H2,63,68)(H2,64,83)(H,70,85)(H,71,84)(H,72,87)(H,73,88)(H,74,86)(H,75,89)(H,76,91)(H4,65,66,69)/t34-,40-,41-,42-,43-,44-,45-,46+/m0/s1. The second-order valence-corrected chi connectivity index (χ2v) is 25.1. The Morgan fingerprint density at radius 1 is 0.677 bits per heavy atom. The molecular weight excluding hydrogens is 1240 g/mol. The number of aromatic hydroxyl groups is 1. The normalized spacial score (nSPS) is 20.0. The average molecular weight is 1330 g/mol. The Bertz CT molecular complexity index is 3240. The monoisotopic (exact) mass is 1330 g/mol. The number of amides is 11. The first-order valence-corrected chi connectivity index (χ1v) is 32.6. The van der Waals surface area contributed by atoms with Gasteiger partial charge < -0.3 is 81.6 Å². The molecule has 0 radical (unpaired) electrons. The summed E-state index contributed by atoms with van der Waals surface area (Å²) in [5, 5.41) is 32.2. The number of benzene rings is 3. The first-order chi connectivity index (χ1) is 44.3. The zero-order valence-electron chi connectivity index (χ0n) is 51.8. The highest BCUT2D eigenvalue weighted by molar-refractivity contribution is 8.76. The largest absolute Gasteiger partial charge is 0.508 e. The van der Waals surface area contributed by atoms with Crippen LogP contribution in [0.1, 0.15) is 101 Å². The predicted octanol–water partition coefficient (Wildman–Crippen LogP) is -0.429. The van der Waals surface area contributed by atoms with Gasteiger partial charge in [0.25, 0.3) is 0 Å². The van der Waals surface area contributed by atoms with Crippen LogP contribution in [-0.4, -0.2) is 167 Å². The number of hydrogen-bond donors (Lipinski definition) is 14. The second kappa shape index (κ2) is 37.0. The number of guanidine groups is 1. The number of phenols is 1. The van der Waals surface area contributed by atoms with Crippen molar-refractivity contribution in [1.29, 1.82) is 0 Å². The van der Waals surface area contributed by atoms with Crippen LogP contribution in [-0.2, 0) is 65.6 Å². The molecule has 1 saturated carbocycles. The van der Waals surface area contributed by atoms with Gasteiger partial charge in [-0.2, -0.15) is 0 Å². The van der Waals surface area contributed by atoms with E-state index in [1.54, 1.807) is 66.7 Å². The van der Waals surface area contributed by atoms with E-state index in [4.69, 9.17) is 39.9 Å². The molecule has 1 saturated heterocycles. The van der Waals surface area contributed by atoms with Gasteiger partial charge in [-0.3, -0.25) is 62.7 Å². The number of rotatable bonds is 27. The summed E-state index contributed by atoms with van der Waals surface area (Å²) in [4.78, 5) is 166. The first kappa shape index (κ1) is 74.1. The number of hydrogen-bond acceptors (Lipinski definition) is 17. The van der Waals surface area contributed by atoms with E-state index in [9.17, 15) is 57.8 Å². The van der Waals surface area contributed by atoms with Crippen LogP contribution in [0.15, 0.2) is 94.0 Å². The molecule has 2 aliphatic rings. The lowest BCUT2D eigenvalue weighted by atomic mass is 9.87. The van der Waals surface area contributed by atoms with E-state index in [-0.39, 0.29) is 74.2 Å². The van der Waals surface area contributed by atoms with E-state index in [1.807, 2.05) is 0 Å². The van der Waals surface area contributed by atoms with Gasteiger partial charge in [-0.15, -0.1) is 0 Å². The van der Waals surface area contributed by atoms with Crippen LogP contribution in [0.4, 0.5) is 5.69 Å². The molecule has 1 spiro atoms. The fourth-order valence-electron chi connectivity index (χ4n) is 10.2. The lowest BCUT2D eigenvalue weighted by Crippen LogP contribution is -2.61. The number of likely N-dealkylation sites (N-methyl/N-ethyl adjacent to an activating group) is 1. The van der Waals surface area contributed by atoms with Crippen LogP contribution < -0.4 is 71.6 Å². The van der Waals surface area contributed by atoms with E-state index >= 15 is 0 Å². The van der Waals surface area contributed by atoms with Crippen molar-refractivity contribution in [2.24, 2.45) is 54.9 Å². The number of nitrogens with two attached hydrogens (primary N) is 6. The molecule has 1 aliphatic carbocycles. The third kappa shape index (κ3) is 24.2. The molecule has 3 aromatic rings. The van der Waals surface area contributed by atoms with Gasteiger partial charge in [-0.25, -0.2) is 0 Å². The van der Waals surface area contributed by atoms with Crippen molar-refractivity contribution in [3.63, 3.8) is 0 Å². The summed E-state index contributed by atoms with van der Waals surface area (Å²) in [7, 11) is 3.52. The highest BCUT2D eigenvalue weighted by Crippen LogP contribution is 2.44. The van der Waals surface area contributed by atoms with Gasteiger partial charge in [0, 0.05) is 67.1 Å². The van der Waals surface area contributed by atoms with Gasteiger partial charge >= 0.3 is 0 Å². The summed E-state index contributed by atoms with van der Waals surface area (Å²) < 4.78 is 0. The van der Waals surface area contributed by atoms with Crippen LogP contribution >= 0.6 is 21.6 Å². The summed E-state index contributed by atoms with van der Waals surface area (Å²) in [6.45, 7) is 1.62. The summed E-state index contributed by atoms with van der Waals surface area (Å²) in [5.41, 5.74) is 43.8. The van der Waals surface area contributed by atoms with Gasteiger partial charge in [0.05, 0.1) is 11.8 Å². The Morgan fingerprint density at radius 2 is 1.25 bits per heavy atom. The molecule has 5 rings (SSSR count). The quantitative estimate of drug-likeness (QED) is 0.00876. The van der Waals surface area contributed by atoms with Crippen molar-refractivity contribution in [3.8, 4) is 5.75 Å². The van der Waals surface area contributed by atoms with Gasteiger partial charge in [-0.05, 0) is 87.1 Å². The summed E-state index contributed by atoms with van der Waals surface area (Å²) in [6.07, 6.45) is 1.03. The van der Waals surface area contributed by atoms with Crippen molar-refractivity contribution in [3.05, 3.63) is 106 Å². The molecule has 11 amide bonds. The number of nitrogens with zero attached hydrogens (tertiary/aromatic N) is 6. The Hall–Kier alpha value is -9.62. The van der Waals surface area contributed by atoms with Crippen molar-refractivity contribution in [1.82, 2.24) is 42.1 Å². The minimum atomic E-state index is -1.82. The number of azide groups is 1. The Kier molecular flexibility index (Phi) is 29.5. The fraction of sp³-hybridized carbons (Fsp3) is 0.483. The Morgan fingerprint density at radius 3 is 1.86 bits per heavy atom. The minimum Gasteiger partial charge on any atom is -0.508 e. The number of nitrogens with one attached hydrogen (secondary N) is 7. The maximum absolute atomic E-state index is 14.8. The molecule has 0 aromatic heterocycles. The first-order valence-electron chi connectivity index (χ1n) is 30.1. The topological polar surface area (TPSA) is 525 Å². The molecule has 33 heteroatoms. The van der Waals surface area contributed by atoms with Crippen molar-refractivity contribution in [2.75, 3.05) is 31.6 Å². The van der Waals surface area contributed by atoms with Crippen LogP contribution in [0.2, 0.25) is 0 Å². The van der Waals surface area contributed by atoms with E-state index in [1.165, 1.54) is 36.9 Å². The van der Waals surface area contributed by atoms with E-state index < -0.39 is 138 Å². The molecule has 31 nitrogen and oxygen atoms in total. The van der Waals surface area contributed by atoms with Crippen LogP contribution in [0.25, 0.3) is 10.4 Å².